The standard InChI is InChI=1S/C25H20O4/c26-21-15-7-13-19(23(21)28)25(17-9-3-1-4-10-17,18-11-5-2-6-12-18)20-14-8-16-22(27)24(20)29/h1-16,26-29H. The Morgan fingerprint density at radius 1 is 0.414 bits per heavy atom. The van der Waals surface area contributed by atoms with Crippen molar-refractivity contribution in [2.45, 2.75) is 5.41 Å². The maximum Gasteiger partial charge on any atom is 0.162 e. The number of para-hydroxylation sites is 2. The molecule has 0 saturated carbocycles. The molecule has 0 atom stereocenters. The van der Waals surface area contributed by atoms with Crippen LogP contribution in [0.2, 0.25) is 0 Å². The van der Waals surface area contributed by atoms with Gasteiger partial charge in [-0.1, -0.05) is 84.9 Å². The molecule has 144 valence electrons. The van der Waals surface area contributed by atoms with Gasteiger partial charge in [0.1, 0.15) is 0 Å². The van der Waals surface area contributed by atoms with E-state index < -0.39 is 5.41 Å². The number of phenolic OH excluding ortho intramolecular Hbond substituents is 4. The summed E-state index contributed by atoms with van der Waals surface area (Å²) in [5.74, 6) is -1.11. The van der Waals surface area contributed by atoms with E-state index in [1.54, 1.807) is 24.3 Å². The first-order chi connectivity index (χ1) is 14.1. The van der Waals surface area contributed by atoms with Crippen LogP contribution in [0.4, 0.5) is 0 Å². The van der Waals surface area contributed by atoms with Crippen molar-refractivity contribution in [2.24, 2.45) is 0 Å². The summed E-state index contributed by atoms with van der Waals surface area (Å²) in [5, 5.41) is 42.3. The van der Waals surface area contributed by atoms with Crippen LogP contribution < -0.4 is 0 Å². The molecule has 4 heteroatoms. The molecule has 29 heavy (non-hydrogen) atoms. The van der Waals surface area contributed by atoms with Gasteiger partial charge in [-0.25, -0.2) is 0 Å². The van der Waals surface area contributed by atoms with E-state index in [2.05, 4.69) is 0 Å². The normalized spacial score (nSPS) is 11.3. The van der Waals surface area contributed by atoms with E-state index in [0.29, 0.717) is 11.1 Å². The second-order valence-electron chi connectivity index (χ2n) is 6.83. The first-order valence-corrected chi connectivity index (χ1v) is 9.20. The predicted octanol–water partition coefficient (Wildman–Crippen LogP) is 4.89. The smallest absolute Gasteiger partial charge is 0.162 e. The summed E-state index contributed by atoms with van der Waals surface area (Å²) in [4.78, 5) is 0. The molecule has 0 spiro atoms. The number of hydrogen-bond donors (Lipinski definition) is 4. The monoisotopic (exact) mass is 384 g/mol. The number of phenols is 4. The van der Waals surface area contributed by atoms with E-state index in [9.17, 15) is 20.4 Å². The Hall–Kier alpha value is -3.92. The Bertz CT molecular complexity index is 1050. The quantitative estimate of drug-likeness (QED) is 0.298. The van der Waals surface area contributed by atoms with Crippen molar-refractivity contribution in [2.75, 3.05) is 0 Å². The van der Waals surface area contributed by atoms with Crippen LogP contribution in [0.3, 0.4) is 0 Å². The highest BCUT2D eigenvalue weighted by molar-refractivity contribution is 5.68. The van der Waals surface area contributed by atoms with Gasteiger partial charge in [0.15, 0.2) is 23.0 Å². The van der Waals surface area contributed by atoms with Crippen molar-refractivity contribution in [1.29, 1.82) is 0 Å². The summed E-state index contributed by atoms with van der Waals surface area (Å²) in [7, 11) is 0. The third-order valence-corrected chi connectivity index (χ3v) is 5.25. The van der Waals surface area contributed by atoms with Gasteiger partial charge in [0.05, 0.1) is 5.41 Å². The number of hydrogen-bond acceptors (Lipinski definition) is 4. The minimum absolute atomic E-state index is 0.265. The molecule has 4 aromatic rings. The fourth-order valence-electron chi connectivity index (χ4n) is 3.98. The van der Waals surface area contributed by atoms with Gasteiger partial charge in [0.25, 0.3) is 0 Å². The zero-order valence-corrected chi connectivity index (χ0v) is 15.5. The van der Waals surface area contributed by atoms with Crippen LogP contribution in [0, 0.1) is 0 Å². The van der Waals surface area contributed by atoms with Crippen molar-refractivity contribution in [3.8, 4) is 23.0 Å². The van der Waals surface area contributed by atoms with Crippen molar-refractivity contribution in [3.63, 3.8) is 0 Å². The molecule has 0 radical (unpaired) electrons. The molecular weight excluding hydrogens is 364 g/mol. The largest absolute Gasteiger partial charge is 0.504 e. The molecule has 0 bridgehead atoms. The Morgan fingerprint density at radius 3 is 1.17 bits per heavy atom. The van der Waals surface area contributed by atoms with Crippen LogP contribution in [0.1, 0.15) is 22.3 Å². The molecule has 4 nitrogen and oxygen atoms in total. The molecule has 0 aliphatic heterocycles. The molecule has 0 aromatic heterocycles. The van der Waals surface area contributed by atoms with Gasteiger partial charge in [-0.05, 0) is 23.3 Å². The van der Waals surface area contributed by atoms with Gasteiger partial charge in [0.2, 0.25) is 0 Å². The van der Waals surface area contributed by atoms with E-state index in [4.69, 9.17) is 0 Å². The minimum Gasteiger partial charge on any atom is -0.504 e. The summed E-state index contributed by atoms with van der Waals surface area (Å²) >= 11 is 0. The van der Waals surface area contributed by atoms with Crippen LogP contribution in [-0.2, 0) is 5.41 Å². The third kappa shape index (κ3) is 2.86. The maximum absolute atomic E-state index is 10.9. The van der Waals surface area contributed by atoms with Gasteiger partial charge < -0.3 is 20.4 Å². The van der Waals surface area contributed by atoms with Crippen molar-refractivity contribution >= 4 is 0 Å². The van der Waals surface area contributed by atoms with Crippen LogP contribution in [0.15, 0.2) is 97.1 Å². The van der Waals surface area contributed by atoms with E-state index >= 15 is 0 Å². The van der Waals surface area contributed by atoms with Gasteiger partial charge in [-0.15, -0.1) is 0 Å². The Morgan fingerprint density at radius 2 is 0.793 bits per heavy atom. The molecule has 4 aromatic carbocycles. The average molecular weight is 384 g/mol. The lowest BCUT2D eigenvalue weighted by Crippen LogP contribution is -2.31. The fraction of sp³-hybridized carbons (Fsp3) is 0.0400. The molecule has 0 amide bonds. The predicted molar refractivity (Wildman–Crippen MR) is 111 cm³/mol. The topological polar surface area (TPSA) is 80.9 Å². The molecule has 4 N–H and O–H groups in total. The lowest BCUT2D eigenvalue weighted by atomic mass is 9.64. The van der Waals surface area contributed by atoms with Gasteiger partial charge in [0, 0.05) is 11.1 Å². The summed E-state index contributed by atoms with van der Waals surface area (Å²) in [6, 6.07) is 28.3. The molecule has 0 fully saturated rings. The zero-order chi connectivity index (χ0) is 20.4. The maximum atomic E-state index is 10.9. The van der Waals surface area contributed by atoms with Gasteiger partial charge in [-0.3, -0.25) is 0 Å². The molecule has 0 saturated heterocycles. The summed E-state index contributed by atoms with van der Waals surface area (Å²) in [6.45, 7) is 0. The molecule has 0 heterocycles. The third-order valence-electron chi connectivity index (χ3n) is 5.25. The second kappa shape index (κ2) is 7.24. The molecule has 0 aliphatic rings. The Balaban J connectivity index is 2.24. The number of benzene rings is 4. The fourth-order valence-corrected chi connectivity index (χ4v) is 3.98. The molecule has 0 unspecified atom stereocenters. The average Bonchev–Trinajstić information content (AvgIpc) is 2.76. The van der Waals surface area contributed by atoms with E-state index in [1.807, 2.05) is 60.7 Å². The summed E-state index contributed by atoms with van der Waals surface area (Å²) in [5.41, 5.74) is 1.10. The molecule has 4 rings (SSSR count). The Kier molecular flexibility index (Phi) is 4.61. The summed E-state index contributed by atoms with van der Waals surface area (Å²) < 4.78 is 0. The number of aromatic hydroxyl groups is 4. The van der Waals surface area contributed by atoms with E-state index in [0.717, 1.165) is 11.1 Å². The van der Waals surface area contributed by atoms with E-state index in [-0.39, 0.29) is 23.0 Å². The van der Waals surface area contributed by atoms with Crippen molar-refractivity contribution < 1.29 is 20.4 Å². The van der Waals surface area contributed by atoms with Crippen molar-refractivity contribution in [3.05, 3.63) is 119 Å². The van der Waals surface area contributed by atoms with E-state index in [1.165, 1.54) is 12.1 Å². The SMILES string of the molecule is Oc1cccc(C(c2ccccc2)(c2ccccc2)c2cccc(O)c2O)c1O. The lowest BCUT2D eigenvalue weighted by molar-refractivity contribution is 0.386. The highest BCUT2D eigenvalue weighted by Crippen LogP contribution is 2.53. The number of rotatable bonds is 4. The summed E-state index contributed by atoms with van der Waals surface area (Å²) in [6.07, 6.45) is 0. The van der Waals surface area contributed by atoms with Gasteiger partial charge in [-0.2, -0.15) is 0 Å². The van der Waals surface area contributed by atoms with Crippen LogP contribution in [0.5, 0.6) is 23.0 Å². The first-order valence-electron chi connectivity index (χ1n) is 9.20. The highest BCUT2D eigenvalue weighted by atomic mass is 16.3. The van der Waals surface area contributed by atoms with Crippen molar-refractivity contribution in [1.82, 2.24) is 0 Å². The second-order valence-corrected chi connectivity index (χ2v) is 6.83. The Labute approximate surface area is 168 Å². The first kappa shape index (κ1) is 18.4. The minimum atomic E-state index is -1.19. The lowest BCUT2D eigenvalue weighted by Gasteiger charge is -2.37. The molecule has 0 aliphatic carbocycles. The molecular formula is C25H20O4. The van der Waals surface area contributed by atoms with Crippen LogP contribution >= 0.6 is 0 Å². The van der Waals surface area contributed by atoms with Crippen LogP contribution in [-0.4, -0.2) is 20.4 Å². The van der Waals surface area contributed by atoms with Gasteiger partial charge >= 0.3 is 0 Å². The van der Waals surface area contributed by atoms with Crippen LogP contribution in [0.25, 0.3) is 0 Å². The zero-order valence-electron chi connectivity index (χ0n) is 15.5. The highest BCUT2D eigenvalue weighted by Gasteiger charge is 2.43.